The number of hydrogen-bond acceptors (Lipinski definition) is 6. The number of halogens is 1. The third kappa shape index (κ3) is 4.88. The number of likely N-dealkylation sites (tertiary alicyclic amines) is 1. The standard InChI is InChI=1S/C25H27FN2O4S/c26-17-3-6-22(15(12-17)2-1-9-28-10-7-18(29)8-11-28)33-27-21-5-4-19-20-13-16(20)14-32-24(19)23(21)25(30)31/h1-6,12,16,18,20,27,29H,7-11,13-14H2,(H,30,31)/b2-1-/t16-,20?/m0/s1. The zero-order valence-corrected chi connectivity index (χ0v) is 19.0. The van der Waals surface area contributed by atoms with Crippen molar-refractivity contribution in [2.45, 2.75) is 36.2 Å². The Hall–Kier alpha value is -2.55. The second-order valence-corrected chi connectivity index (χ2v) is 9.79. The number of rotatable bonds is 7. The largest absolute Gasteiger partial charge is 0.492 e. The van der Waals surface area contributed by atoms with Crippen LogP contribution in [0, 0.1) is 11.7 Å². The number of aromatic carboxylic acids is 1. The van der Waals surface area contributed by atoms with Crippen molar-refractivity contribution in [2.75, 3.05) is 31.0 Å². The molecule has 0 aromatic heterocycles. The van der Waals surface area contributed by atoms with Gasteiger partial charge in [0.25, 0.3) is 0 Å². The Kier molecular flexibility index (Phi) is 6.32. The maximum atomic E-state index is 13.9. The summed E-state index contributed by atoms with van der Waals surface area (Å²) in [7, 11) is 0. The van der Waals surface area contributed by atoms with Crippen molar-refractivity contribution in [3.8, 4) is 5.75 Å². The summed E-state index contributed by atoms with van der Waals surface area (Å²) < 4.78 is 22.9. The van der Waals surface area contributed by atoms with E-state index in [0.717, 1.165) is 54.9 Å². The molecule has 1 saturated carbocycles. The minimum absolute atomic E-state index is 0.150. The molecule has 0 amide bonds. The first-order valence-electron chi connectivity index (χ1n) is 11.3. The molecule has 2 heterocycles. The first kappa shape index (κ1) is 22.3. The van der Waals surface area contributed by atoms with Gasteiger partial charge in [-0.25, -0.2) is 9.18 Å². The van der Waals surface area contributed by atoms with Crippen LogP contribution in [0.25, 0.3) is 6.08 Å². The monoisotopic (exact) mass is 470 g/mol. The summed E-state index contributed by atoms with van der Waals surface area (Å²) in [6, 6.07) is 8.31. The summed E-state index contributed by atoms with van der Waals surface area (Å²) in [4.78, 5) is 15.1. The van der Waals surface area contributed by atoms with Crippen LogP contribution >= 0.6 is 11.9 Å². The molecule has 0 bridgehead atoms. The lowest BCUT2D eigenvalue weighted by Crippen LogP contribution is -2.35. The molecule has 2 aromatic rings. The second-order valence-electron chi connectivity index (χ2n) is 8.95. The normalized spacial score (nSPS) is 22.5. The second kappa shape index (κ2) is 9.37. The SMILES string of the molecule is O=C(O)c1c(NSc2ccc(F)cc2/C=C\CN2CCC(O)CC2)ccc2c1OC[C@@H]1CC21. The van der Waals surface area contributed by atoms with Crippen molar-refractivity contribution in [2.24, 2.45) is 5.92 Å². The van der Waals surface area contributed by atoms with E-state index in [1.165, 1.54) is 24.1 Å². The van der Waals surface area contributed by atoms with E-state index in [1.807, 2.05) is 18.2 Å². The maximum absolute atomic E-state index is 13.9. The third-order valence-electron chi connectivity index (χ3n) is 6.63. The molecule has 8 heteroatoms. The predicted molar refractivity (Wildman–Crippen MR) is 126 cm³/mol. The molecule has 0 radical (unpaired) electrons. The fraction of sp³-hybridized carbons (Fsp3) is 0.400. The molecule has 3 aliphatic rings. The predicted octanol–water partition coefficient (Wildman–Crippen LogP) is 4.61. The first-order valence-corrected chi connectivity index (χ1v) is 12.1. The van der Waals surface area contributed by atoms with Crippen molar-refractivity contribution >= 4 is 29.7 Å². The number of carbonyl (C=O) groups is 1. The number of fused-ring (bicyclic) bond motifs is 3. The van der Waals surface area contributed by atoms with Gasteiger partial charge in [-0.15, -0.1) is 0 Å². The smallest absolute Gasteiger partial charge is 0.341 e. The van der Waals surface area contributed by atoms with Crippen LogP contribution in [-0.2, 0) is 0 Å². The van der Waals surface area contributed by atoms with E-state index in [1.54, 1.807) is 12.1 Å². The third-order valence-corrected chi connectivity index (χ3v) is 7.54. The number of nitrogens with one attached hydrogen (secondary N) is 1. The van der Waals surface area contributed by atoms with Gasteiger partial charge in [0.2, 0.25) is 0 Å². The number of piperidine rings is 1. The number of carboxylic acids is 1. The average Bonchev–Trinajstić information content (AvgIpc) is 3.59. The number of hydrogen-bond donors (Lipinski definition) is 3. The van der Waals surface area contributed by atoms with E-state index in [0.29, 0.717) is 29.9 Å². The Morgan fingerprint density at radius 2 is 2.09 bits per heavy atom. The van der Waals surface area contributed by atoms with Gasteiger partial charge in [0.1, 0.15) is 17.1 Å². The minimum Gasteiger partial charge on any atom is -0.492 e. The Morgan fingerprint density at radius 1 is 1.27 bits per heavy atom. The van der Waals surface area contributed by atoms with Crippen LogP contribution in [-0.4, -0.2) is 53.4 Å². The topological polar surface area (TPSA) is 82.0 Å². The Balaban J connectivity index is 1.31. The molecular weight excluding hydrogens is 443 g/mol. The lowest BCUT2D eigenvalue weighted by Gasteiger charge is -2.28. The number of benzene rings is 2. The number of carboxylic acid groups (broad SMARTS) is 1. The number of aliphatic hydroxyl groups excluding tert-OH is 1. The van der Waals surface area contributed by atoms with Crippen LogP contribution in [0.3, 0.4) is 0 Å². The molecule has 2 atom stereocenters. The summed E-state index contributed by atoms with van der Waals surface area (Å²) in [6.07, 6.45) is 6.28. The van der Waals surface area contributed by atoms with Crippen LogP contribution in [0.15, 0.2) is 41.3 Å². The molecule has 1 aliphatic carbocycles. The summed E-state index contributed by atoms with van der Waals surface area (Å²) in [5, 5.41) is 19.5. The molecule has 2 aliphatic heterocycles. The molecule has 5 rings (SSSR count). The fourth-order valence-corrected chi connectivity index (χ4v) is 5.40. The van der Waals surface area contributed by atoms with E-state index in [2.05, 4.69) is 9.62 Å². The summed E-state index contributed by atoms with van der Waals surface area (Å²) in [5.41, 5.74) is 2.32. The highest BCUT2D eigenvalue weighted by Gasteiger charge is 2.45. The number of nitrogens with zero attached hydrogens (tertiary/aromatic N) is 1. The van der Waals surface area contributed by atoms with Crippen molar-refractivity contribution in [1.82, 2.24) is 4.90 Å². The molecule has 3 N–H and O–H groups in total. The van der Waals surface area contributed by atoms with Gasteiger partial charge in [-0.2, -0.15) is 0 Å². The van der Waals surface area contributed by atoms with E-state index >= 15 is 0 Å². The maximum Gasteiger partial charge on any atom is 0.341 e. The van der Waals surface area contributed by atoms with Gasteiger partial charge >= 0.3 is 5.97 Å². The van der Waals surface area contributed by atoms with Gasteiger partial charge in [-0.05, 0) is 72.5 Å². The van der Waals surface area contributed by atoms with Crippen molar-refractivity contribution < 1.29 is 24.1 Å². The van der Waals surface area contributed by atoms with E-state index < -0.39 is 5.97 Å². The van der Waals surface area contributed by atoms with Gasteiger partial charge in [0.05, 0.1) is 18.4 Å². The minimum atomic E-state index is -1.03. The van der Waals surface area contributed by atoms with E-state index in [4.69, 9.17) is 4.74 Å². The Bertz CT molecular complexity index is 1080. The van der Waals surface area contributed by atoms with Crippen LogP contribution in [0.4, 0.5) is 10.1 Å². The lowest BCUT2D eigenvalue weighted by atomic mass is 10.0. The number of ether oxygens (including phenoxy) is 1. The summed E-state index contributed by atoms with van der Waals surface area (Å²) >= 11 is 1.26. The molecule has 174 valence electrons. The van der Waals surface area contributed by atoms with Crippen LogP contribution < -0.4 is 9.46 Å². The molecule has 2 fully saturated rings. The van der Waals surface area contributed by atoms with Crippen molar-refractivity contribution in [1.29, 1.82) is 0 Å². The van der Waals surface area contributed by atoms with Crippen LogP contribution in [0.1, 0.15) is 46.7 Å². The van der Waals surface area contributed by atoms with Gasteiger partial charge in [-0.3, -0.25) is 4.90 Å². The highest BCUT2D eigenvalue weighted by Crippen LogP contribution is 2.55. The number of aliphatic hydroxyl groups is 1. The molecule has 6 nitrogen and oxygen atoms in total. The van der Waals surface area contributed by atoms with Crippen molar-refractivity contribution in [3.63, 3.8) is 0 Å². The van der Waals surface area contributed by atoms with Crippen LogP contribution in [0.2, 0.25) is 0 Å². The zero-order chi connectivity index (χ0) is 22.9. The van der Waals surface area contributed by atoms with E-state index in [-0.39, 0.29) is 17.5 Å². The fourth-order valence-electron chi connectivity index (χ4n) is 4.63. The van der Waals surface area contributed by atoms with Gasteiger partial charge in [0, 0.05) is 30.4 Å². The molecule has 0 spiro atoms. The van der Waals surface area contributed by atoms with E-state index in [9.17, 15) is 19.4 Å². The highest BCUT2D eigenvalue weighted by atomic mass is 32.2. The molecule has 1 unspecified atom stereocenters. The van der Waals surface area contributed by atoms with Crippen LogP contribution in [0.5, 0.6) is 5.75 Å². The Morgan fingerprint density at radius 3 is 2.88 bits per heavy atom. The molecule has 2 aromatic carbocycles. The molecular formula is C25H27FN2O4S. The quantitative estimate of drug-likeness (QED) is 0.510. The Labute approximate surface area is 196 Å². The zero-order valence-electron chi connectivity index (χ0n) is 18.2. The molecule has 33 heavy (non-hydrogen) atoms. The number of anilines is 1. The van der Waals surface area contributed by atoms with Gasteiger partial charge < -0.3 is 19.7 Å². The summed E-state index contributed by atoms with van der Waals surface area (Å²) in [5.74, 6) is 0.0339. The average molecular weight is 471 g/mol. The van der Waals surface area contributed by atoms with Gasteiger partial charge in [-0.1, -0.05) is 18.2 Å². The lowest BCUT2D eigenvalue weighted by molar-refractivity contribution is 0.0692. The van der Waals surface area contributed by atoms with Crippen molar-refractivity contribution in [3.05, 3.63) is 58.9 Å². The molecule has 1 saturated heterocycles. The summed E-state index contributed by atoms with van der Waals surface area (Å²) in [6.45, 7) is 2.99. The first-order chi connectivity index (χ1) is 16.0. The highest BCUT2D eigenvalue weighted by molar-refractivity contribution is 8.00. The van der Waals surface area contributed by atoms with Gasteiger partial charge in [0.15, 0.2) is 0 Å².